The first-order valence-corrected chi connectivity index (χ1v) is 8.43. The highest BCUT2D eigenvalue weighted by Gasteiger charge is 2.21. The van der Waals surface area contributed by atoms with Crippen LogP contribution in [0.2, 0.25) is 0 Å². The van der Waals surface area contributed by atoms with Gasteiger partial charge < -0.3 is 10.6 Å². The predicted octanol–water partition coefficient (Wildman–Crippen LogP) is 2.74. The average molecular weight is 418 g/mol. The Kier molecular flexibility index (Phi) is 6.77. The van der Waals surface area contributed by atoms with E-state index in [1.807, 2.05) is 6.07 Å². The number of benzene rings is 1. The summed E-state index contributed by atoms with van der Waals surface area (Å²) < 4.78 is 14.4. The molecule has 130 valence electrons. The van der Waals surface area contributed by atoms with Crippen molar-refractivity contribution >= 4 is 34.2 Å². The van der Waals surface area contributed by atoms with Crippen molar-refractivity contribution in [3.63, 3.8) is 0 Å². The van der Waals surface area contributed by atoms with Crippen molar-refractivity contribution in [3.05, 3.63) is 51.0 Å². The van der Waals surface area contributed by atoms with Crippen LogP contribution in [0.25, 0.3) is 0 Å². The van der Waals surface area contributed by atoms with Crippen LogP contribution in [0, 0.1) is 5.82 Å². The Hall–Kier alpha value is -1.44. The maximum absolute atomic E-state index is 13.7. The topological polar surface area (TPSA) is 69.8 Å². The largest absolute Gasteiger partial charge is 0.351 e. The minimum absolute atomic E-state index is 0. The van der Waals surface area contributed by atoms with Gasteiger partial charge >= 0.3 is 0 Å². The van der Waals surface area contributed by atoms with Gasteiger partial charge in [0, 0.05) is 41.8 Å². The van der Waals surface area contributed by atoms with Crippen LogP contribution >= 0.6 is 28.3 Å². The van der Waals surface area contributed by atoms with Gasteiger partial charge in [0.05, 0.1) is 0 Å². The second-order valence-electron chi connectivity index (χ2n) is 5.55. The van der Waals surface area contributed by atoms with E-state index in [-0.39, 0.29) is 24.1 Å². The summed E-state index contributed by atoms with van der Waals surface area (Å²) in [4.78, 5) is 12.2. The molecular weight excluding hydrogens is 399 g/mol. The summed E-state index contributed by atoms with van der Waals surface area (Å²) >= 11 is 3.24. The lowest BCUT2D eigenvalue weighted by molar-refractivity contribution is 0.0947. The van der Waals surface area contributed by atoms with E-state index >= 15 is 0 Å². The van der Waals surface area contributed by atoms with Gasteiger partial charge in [0.25, 0.3) is 5.91 Å². The van der Waals surface area contributed by atoms with Crippen molar-refractivity contribution < 1.29 is 9.18 Å². The van der Waals surface area contributed by atoms with Gasteiger partial charge in [-0.3, -0.25) is 9.89 Å². The number of nitrogens with one attached hydrogen (secondary N) is 3. The molecule has 2 heterocycles. The van der Waals surface area contributed by atoms with E-state index < -0.39 is 0 Å². The van der Waals surface area contributed by atoms with E-state index in [2.05, 4.69) is 36.8 Å². The highest BCUT2D eigenvalue weighted by atomic mass is 79.9. The Bertz CT molecular complexity index is 722. The highest BCUT2D eigenvalue weighted by molar-refractivity contribution is 9.10. The van der Waals surface area contributed by atoms with Crippen LogP contribution in [-0.2, 0) is 19.4 Å². The van der Waals surface area contributed by atoms with Crippen LogP contribution in [0.3, 0.4) is 0 Å². The molecule has 0 saturated heterocycles. The zero-order valence-corrected chi connectivity index (χ0v) is 15.4. The second-order valence-corrected chi connectivity index (χ2v) is 6.47. The SMILES string of the molecule is Cl.O=C(NCCCc1ccc(Br)cc1F)c1n[nH]c2c1CNCC2. The van der Waals surface area contributed by atoms with Crippen LogP contribution in [-0.4, -0.2) is 29.2 Å². The van der Waals surface area contributed by atoms with Crippen molar-refractivity contribution in [2.75, 3.05) is 13.1 Å². The monoisotopic (exact) mass is 416 g/mol. The third-order valence-electron chi connectivity index (χ3n) is 3.94. The summed E-state index contributed by atoms with van der Waals surface area (Å²) in [6.07, 6.45) is 2.12. The Morgan fingerprint density at radius 2 is 2.25 bits per heavy atom. The van der Waals surface area contributed by atoms with Gasteiger partial charge in [-0.25, -0.2) is 4.39 Å². The van der Waals surface area contributed by atoms with E-state index in [0.29, 0.717) is 37.2 Å². The minimum Gasteiger partial charge on any atom is -0.351 e. The lowest BCUT2D eigenvalue weighted by Gasteiger charge is -2.12. The Morgan fingerprint density at radius 1 is 1.42 bits per heavy atom. The summed E-state index contributed by atoms with van der Waals surface area (Å²) in [6.45, 7) is 2.05. The molecule has 0 fully saturated rings. The summed E-state index contributed by atoms with van der Waals surface area (Å²) in [7, 11) is 0. The molecule has 3 rings (SSSR count). The summed E-state index contributed by atoms with van der Waals surface area (Å²) in [5, 5.41) is 13.1. The van der Waals surface area contributed by atoms with Crippen LogP contribution < -0.4 is 10.6 Å². The number of aromatic nitrogens is 2. The van der Waals surface area contributed by atoms with E-state index in [4.69, 9.17) is 0 Å². The number of carbonyl (C=O) groups is 1. The predicted molar refractivity (Wildman–Crippen MR) is 96.0 cm³/mol. The molecule has 0 atom stereocenters. The fourth-order valence-electron chi connectivity index (χ4n) is 2.70. The molecule has 1 aromatic heterocycles. The van der Waals surface area contributed by atoms with E-state index in [1.165, 1.54) is 6.07 Å². The van der Waals surface area contributed by atoms with Gasteiger partial charge in [-0.15, -0.1) is 12.4 Å². The smallest absolute Gasteiger partial charge is 0.272 e. The van der Waals surface area contributed by atoms with Gasteiger partial charge in [-0.1, -0.05) is 22.0 Å². The average Bonchev–Trinajstić information content (AvgIpc) is 2.97. The van der Waals surface area contributed by atoms with Crippen LogP contribution in [0.4, 0.5) is 4.39 Å². The Labute approximate surface area is 154 Å². The zero-order valence-electron chi connectivity index (χ0n) is 13.0. The highest BCUT2D eigenvalue weighted by Crippen LogP contribution is 2.17. The molecule has 0 saturated carbocycles. The molecule has 0 unspecified atom stereocenters. The molecular formula is C16H19BrClFN4O. The number of fused-ring (bicyclic) bond motifs is 1. The summed E-state index contributed by atoms with van der Waals surface area (Å²) in [5.41, 5.74) is 3.10. The lowest BCUT2D eigenvalue weighted by atomic mass is 10.1. The van der Waals surface area contributed by atoms with E-state index in [0.717, 1.165) is 28.7 Å². The van der Waals surface area contributed by atoms with Gasteiger partial charge in [-0.2, -0.15) is 5.10 Å². The molecule has 2 aromatic rings. The van der Waals surface area contributed by atoms with Gasteiger partial charge in [-0.05, 0) is 30.5 Å². The second kappa shape index (κ2) is 8.60. The normalized spacial score (nSPS) is 13.1. The number of hydrogen-bond acceptors (Lipinski definition) is 3. The number of aryl methyl sites for hydroxylation is 1. The van der Waals surface area contributed by atoms with Crippen molar-refractivity contribution in [2.24, 2.45) is 0 Å². The Morgan fingerprint density at radius 3 is 3.04 bits per heavy atom. The first-order valence-electron chi connectivity index (χ1n) is 7.64. The van der Waals surface area contributed by atoms with Crippen LogP contribution in [0.5, 0.6) is 0 Å². The van der Waals surface area contributed by atoms with E-state index in [9.17, 15) is 9.18 Å². The number of amides is 1. The summed E-state index contributed by atoms with van der Waals surface area (Å²) in [5.74, 6) is -0.402. The number of hydrogen-bond donors (Lipinski definition) is 3. The van der Waals surface area contributed by atoms with Crippen molar-refractivity contribution in [1.29, 1.82) is 0 Å². The fraction of sp³-hybridized carbons (Fsp3) is 0.375. The molecule has 1 aliphatic rings. The number of nitrogens with zero attached hydrogens (tertiary/aromatic N) is 1. The molecule has 1 aromatic carbocycles. The zero-order chi connectivity index (χ0) is 16.2. The molecule has 24 heavy (non-hydrogen) atoms. The third kappa shape index (κ3) is 4.34. The molecule has 5 nitrogen and oxygen atoms in total. The molecule has 8 heteroatoms. The van der Waals surface area contributed by atoms with Crippen molar-refractivity contribution in [3.8, 4) is 0 Å². The number of H-pyrrole nitrogens is 1. The number of carbonyl (C=O) groups excluding carboxylic acids is 1. The molecule has 0 aliphatic carbocycles. The fourth-order valence-corrected chi connectivity index (χ4v) is 3.04. The maximum Gasteiger partial charge on any atom is 0.272 e. The molecule has 0 bridgehead atoms. The Balaban J connectivity index is 0.00000208. The van der Waals surface area contributed by atoms with Gasteiger partial charge in [0.15, 0.2) is 5.69 Å². The molecule has 0 spiro atoms. The number of rotatable bonds is 5. The van der Waals surface area contributed by atoms with Gasteiger partial charge in [0.1, 0.15) is 5.82 Å². The summed E-state index contributed by atoms with van der Waals surface area (Å²) in [6, 6.07) is 5.04. The first kappa shape index (κ1) is 18.9. The standard InChI is InChI=1S/C16H18BrFN4O.ClH/c17-11-4-3-10(13(18)8-11)2-1-6-20-16(23)15-12-9-19-7-5-14(12)21-22-15;/h3-4,8,19H,1-2,5-7,9H2,(H,20,23)(H,21,22);1H. The van der Waals surface area contributed by atoms with Crippen molar-refractivity contribution in [1.82, 2.24) is 20.8 Å². The first-order chi connectivity index (χ1) is 11.1. The molecule has 0 radical (unpaired) electrons. The number of aromatic amines is 1. The lowest BCUT2D eigenvalue weighted by Crippen LogP contribution is -2.29. The van der Waals surface area contributed by atoms with Crippen molar-refractivity contribution in [2.45, 2.75) is 25.8 Å². The molecule has 1 aliphatic heterocycles. The third-order valence-corrected chi connectivity index (χ3v) is 4.44. The minimum atomic E-state index is -0.224. The van der Waals surface area contributed by atoms with Gasteiger partial charge in [0.2, 0.25) is 0 Å². The number of halogens is 3. The molecule has 1 amide bonds. The quantitative estimate of drug-likeness (QED) is 0.655. The molecule has 3 N–H and O–H groups in total. The van der Waals surface area contributed by atoms with Crippen LogP contribution in [0.15, 0.2) is 22.7 Å². The van der Waals surface area contributed by atoms with Crippen LogP contribution in [0.1, 0.15) is 33.7 Å². The van der Waals surface area contributed by atoms with E-state index in [1.54, 1.807) is 6.07 Å². The maximum atomic E-state index is 13.7.